The third kappa shape index (κ3) is 4.13. The maximum Gasteiger partial charge on any atom is 0.161 e. The zero-order chi connectivity index (χ0) is 21.8. The Kier molecular flexibility index (Phi) is 6.49. The Labute approximate surface area is 183 Å². The minimum absolute atomic E-state index is 0.137. The molecule has 0 bridgehead atoms. The molecule has 0 saturated heterocycles. The van der Waals surface area contributed by atoms with Gasteiger partial charge in [0.2, 0.25) is 0 Å². The molecule has 6 nitrogen and oxygen atoms in total. The molecular weight excluding hydrogens is 390 g/mol. The van der Waals surface area contributed by atoms with E-state index < -0.39 is 0 Å². The number of allylic oxidation sites excluding steroid dienone is 1. The Balaban J connectivity index is 1.59. The summed E-state index contributed by atoms with van der Waals surface area (Å²) in [5.74, 6) is 1.42. The van der Waals surface area contributed by atoms with Crippen molar-refractivity contribution >= 4 is 11.4 Å². The minimum Gasteiger partial charge on any atom is -0.490 e. The lowest BCUT2D eigenvalue weighted by Crippen LogP contribution is -2.22. The van der Waals surface area contributed by atoms with Gasteiger partial charge in [-0.1, -0.05) is 24.8 Å². The van der Waals surface area contributed by atoms with Gasteiger partial charge in [0.1, 0.15) is 11.4 Å². The van der Waals surface area contributed by atoms with Gasteiger partial charge in [-0.25, -0.2) is 0 Å². The van der Waals surface area contributed by atoms with Crippen LogP contribution in [0.15, 0.2) is 58.8 Å². The molecule has 2 aliphatic rings. The number of hydrogen-bond acceptors (Lipinski definition) is 6. The summed E-state index contributed by atoms with van der Waals surface area (Å²) in [7, 11) is 0. The highest BCUT2D eigenvalue weighted by Gasteiger charge is 2.29. The number of ether oxygens (including phenoxy) is 2. The molecule has 6 heteroatoms. The molecule has 2 N–H and O–H groups in total. The first-order valence-corrected chi connectivity index (χ1v) is 10.9. The molecule has 1 atom stereocenters. The van der Waals surface area contributed by atoms with E-state index in [0.29, 0.717) is 25.5 Å². The molecule has 0 saturated carbocycles. The number of aliphatic hydroxyl groups is 1. The standard InChI is InChI=1S/C25H29N3O3/c1-4-30-22-12-9-17(15-23(22)31-5-2)24-16(3)25(28-27-24)20-8-6-7-19-18(20)10-11-21(19)26-13-14-29/h6-9,12,15,21,26,29H,3-5,10-11,13-14H2,1-2H3. The molecule has 1 unspecified atom stereocenters. The predicted octanol–water partition coefficient (Wildman–Crippen LogP) is 3.82. The normalized spacial score (nSPS) is 17.4. The van der Waals surface area contributed by atoms with E-state index in [4.69, 9.17) is 14.6 Å². The third-order valence-corrected chi connectivity index (χ3v) is 5.67. The molecule has 162 valence electrons. The van der Waals surface area contributed by atoms with Crippen LogP contribution in [0, 0.1) is 0 Å². The maximum absolute atomic E-state index is 9.15. The zero-order valence-electron chi connectivity index (χ0n) is 18.1. The molecule has 0 radical (unpaired) electrons. The quantitative estimate of drug-likeness (QED) is 0.648. The topological polar surface area (TPSA) is 75.4 Å². The number of fused-ring (bicyclic) bond motifs is 1. The van der Waals surface area contributed by atoms with Crippen LogP contribution in [0.5, 0.6) is 11.5 Å². The first-order valence-electron chi connectivity index (χ1n) is 10.9. The third-order valence-electron chi connectivity index (χ3n) is 5.67. The minimum atomic E-state index is 0.137. The molecule has 0 aromatic heterocycles. The molecule has 1 aliphatic carbocycles. The van der Waals surface area contributed by atoms with E-state index >= 15 is 0 Å². The van der Waals surface area contributed by atoms with Crippen molar-refractivity contribution in [3.05, 3.63) is 70.8 Å². The number of aliphatic hydroxyl groups excluding tert-OH is 1. The van der Waals surface area contributed by atoms with Crippen molar-refractivity contribution < 1.29 is 14.6 Å². The van der Waals surface area contributed by atoms with E-state index in [-0.39, 0.29) is 12.6 Å². The summed E-state index contributed by atoms with van der Waals surface area (Å²) in [6.07, 6.45) is 1.98. The summed E-state index contributed by atoms with van der Waals surface area (Å²) >= 11 is 0. The monoisotopic (exact) mass is 419 g/mol. The number of rotatable bonds is 9. The lowest BCUT2D eigenvalue weighted by molar-refractivity contribution is 0.284. The van der Waals surface area contributed by atoms with Gasteiger partial charge < -0.3 is 19.9 Å². The van der Waals surface area contributed by atoms with Crippen LogP contribution in [-0.2, 0) is 6.42 Å². The lowest BCUT2D eigenvalue weighted by Gasteiger charge is -2.15. The molecule has 0 fully saturated rings. The first-order chi connectivity index (χ1) is 15.2. The van der Waals surface area contributed by atoms with Crippen molar-refractivity contribution in [2.24, 2.45) is 10.2 Å². The van der Waals surface area contributed by atoms with Crippen LogP contribution >= 0.6 is 0 Å². The molecule has 2 aromatic rings. The van der Waals surface area contributed by atoms with Crippen LogP contribution in [-0.4, -0.2) is 42.9 Å². The van der Waals surface area contributed by atoms with E-state index in [1.807, 2.05) is 32.0 Å². The zero-order valence-corrected chi connectivity index (χ0v) is 18.1. The second-order valence-corrected chi connectivity index (χ2v) is 7.55. The van der Waals surface area contributed by atoms with Gasteiger partial charge in [-0.05, 0) is 56.0 Å². The summed E-state index contributed by atoms with van der Waals surface area (Å²) < 4.78 is 11.4. The smallest absolute Gasteiger partial charge is 0.161 e. The summed E-state index contributed by atoms with van der Waals surface area (Å²) in [5, 5.41) is 21.6. The number of nitrogens with one attached hydrogen (secondary N) is 1. The summed E-state index contributed by atoms with van der Waals surface area (Å²) in [5.41, 5.74) is 6.94. The molecular formula is C25H29N3O3. The largest absolute Gasteiger partial charge is 0.490 e. The van der Waals surface area contributed by atoms with Crippen LogP contribution in [0.25, 0.3) is 0 Å². The van der Waals surface area contributed by atoms with Crippen molar-refractivity contribution in [3.8, 4) is 11.5 Å². The number of hydrogen-bond donors (Lipinski definition) is 2. The average Bonchev–Trinajstić information content (AvgIpc) is 3.37. The summed E-state index contributed by atoms with van der Waals surface area (Å²) in [6, 6.07) is 12.4. The van der Waals surface area contributed by atoms with Crippen LogP contribution in [0.1, 0.15) is 48.6 Å². The van der Waals surface area contributed by atoms with Gasteiger partial charge in [-0.2, -0.15) is 0 Å². The van der Waals surface area contributed by atoms with Gasteiger partial charge >= 0.3 is 0 Å². The Bertz CT molecular complexity index is 1040. The Hall–Kier alpha value is -2.96. The van der Waals surface area contributed by atoms with Gasteiger partial charge in [0.25, 0.3) is 0 Å². The fraction of sp³-hybridized carbons (Fsp3) is 0.360. The molecule has 2 aromatic carbocycles. The second kappa shape index (κ2) is 9.45. The molecule has 0 amide bonds. The summed E-state index contributed by atoms with van der Waals surface area (Å²) in [6.45, 7) is 10.1. The van der Waals surface area contributed by atoms with Crippen LogP contribution in [0.3, 0.4) is 0 Å². The van der Waals surface area contributed by atoms with Crippen LogP contribution < -0.4 is 14.8 Å². The number of nitrogens with zero attached hydrogens (tertiary/aromatic N) is 2. The van der Waals surface area contributed by atoms with E-state index in [1.165, 1.54) is 11.1 Å². The van der Waals surface area contributed by atoms with Crippen molar-refractivity contribution in [2.75, 3.05) is 26.4 Å². The molecule has 1 aliphatic heterocycles. The van der Waals surface area contributed by atoms with Crippen molar-refractivity contribution in [2.45, 2.75) is 32.7 Å². The molecule has 4 rings (SSSR count). The predicted molar refractivity (Wildman–Crippen MR) is 124 cm³/mol. The fourth-order valence-electron chi connectivity index (χ4n) is 4.31. The molecule has 31 heavy (non-hydrogen) atoms. The van der Waals surface area contributed by atoms with Crippen molar-refractivity contribution in [1.29, 1.82) is 0 Å². The average molecular weight is 420 g/mol. The lowest BCUT2D eigenvalue weighted by atomic mass is 9.92. The van der Waals surface area contributed by atoms with Crippen molar-refractivity contribution in [3.63, 3.8) is 0 Å². The highest BCUT2D eigenvalue weighted by atomic mass is 16.5. The van der Waals surface area contributed by atoms with E-state index in [2.05, 4.69) is 40.3 Å². The van der Waals surface area contributed by atoms with Gasteiger partial charge in [-0.15, -0.1) is 10.2 Å². The highest BCUT2D eigenvalue weighted by Crippen LogP contribution is 2.36. The van der Waals surface area contributed by atoms with Gasteiger partial charge in [0.05, 0.1) is 19.8 Å². The van der Waals surface area contributed by atoms with Gasteiger partial charge in [-0.3, -0.25) is 0 Å². The fourth-order valence-corrected chi connectivity index (χ4v) is 4.31. The van der Waals surface area contributed by atoms with Crippen LogP contribution in [0.2, 0.25) is 0 Å². The van der Waals surface area contributed by atoms with Gasteiger partial charge in [0, 0.05) is 29.3 Å². The van der Waals surface area contributed by atoms with Gasteiger partial charge in [0.15, 0.2) is 11.5 Å². The Morgan fingerprint density at radius 1 is 1.06 bits per heavy atom. The first kappa shape index (κ1) is 21.3. The highest BCUT2D eigenvalue weighted by molar-refractivity contribution is 6.36. The summed E-state index contributed by atoms with van der Waals surface area (Å²) in [4.78, 5) is 0. The molecule has 1 heterocycles. The van der Waals surface area contributed by atoms with E-state index in [0.717, 1.165) is 46.7 Å². The number of benzene rings is 2. The SMILES string of the molecule is C=C1C(c2ccc(OCC)c(OCC)c2)=NN=C1c1cccc2c1CCC2NCCO. The maximum atomic E-state index is 9.15. The van der Waals surface area contributed by atoms with Crippen molar-refractivity contribution in [1.82, 2.24) is 5.32 Å². The Morgan fingerprint density at radius 2 is 1.84 bits per heavy atom. The second-order valence-electron chi connectivity index (χ2n) is 7.55. The van der Waals surface area contributed by atoms with E-state index in [9.17, 15) is 0 Å². The van der Waals surface area contributed by atoms with E-state index in [1.54, 1.807) is 0 Å². The molecule has 0 spiro atoms. The van der Waals surface area contributed by atoms with Crippen LogP contribution in [0.4, 0.5) is 0 Å². The Morgan fingerprint density at radius 3 is 2.61 bits per heavy atom.